The fourth-order valence-electron chi connectivity index (χ4n) is 1.83. The predicted octanol–water partition coefficient (Wildman–Crippen LogP) is 1.86. The molecule has 0 aliphatic heterocycles. The molecule has 1 saturated carbocycles. The Kier molecular flexibility index (Phi) is 3.61. The Morgan fingerprint density at radius 1 is 1.62 bits per heavy atom. The molecule has 1 aliphatic carbocycles. The summed E-state index contributed by atoms with van der Waals surface area (Å²) in [7, 11) is 0. The maximum Gasteiger partial charge on any atom is 0.0910 e. The molecule has 1 unspecified atom stereocenters. The van der Waals surface area contributed by atoms with Crippen molar-refractivity contribution in [3.63, 3.8) is 0 Å². The third kappa shape index (κ3) is 2.62. The van der Waals surface area contributed by atoms with E-state index in [2.05, 4.69) is 18.9 Å². The Morgan fingerprint density at radius 2 is 2.38 bits per heavy atom. The van der Waals surface area contributed by atoms with E-state index in [1.165, 1.54) is 0 Å². The van der Waals surface area contributed by atoms with E-state index < -0.39 is 0 Å². The molecule has 1 aromatic rings. The number of ether oxygens (including phenoxy) is 1. The lowest BCUT2D eigenvalue weighted by atomic mass is 9.90. The van der Waals surface area contributed by atoms with Crippen molar-refractivity contribution in [3.8, 4) is 0 Å². The minimum Gasteiger partial charge on any atom is -0.372 e. The molecule has 16 heavy (non-hydrogen) atoms. The second kappa shape index (κ2) is 4.97. The van der Waals surface area contributed by atoms with Crippen LogP contribution < -0.4 is 5.73 Å². The first kappa shape index (κ1) is 11.6. The Labute approximate surface area is 96.8 Å². The number of nitrogens with zero attached hydrogens (tertiary/aromatic N) is 2. The van der Waals surface area contributed by atoms with Crippen molar-refractivity contribution in [1.29, 1.82) is 0 Å². The zero-order chi connectivity index (χ0) is 11.5. The van der Waals surface area contributed by atoms with Gasteiger partial charge in [-0.1, -0.05) is 6.92 Å². The molecule has 2 rings (SSSR count). The Balaban J connectivity index is 1.79. The Morgan fingerprint density at radius 3 is 3.00 bits per heavy atom. The second-order valence-electron chi connectivity index (χ2n) is 4.71. The molecule has 1 aromatic heterocycles. The summed E-state index contributed by atoms with van der Waals surface area (Å²) in [6.45, 7) is 4.95. The average molecular weight is 223 g/mol. The van der Waals surface area contributed by atoms with E-state index in [4.69, 9.17) is 10.5 Å². The van der Waals surface area contributed by atoms with Gasteiger partial charge in [-0.25, -0.2) is 0 Å². The number of hydrogen-bond acceptors (Lipinski definition) is 3. The van der Waals surface area contributed by atoms with Gasteiger partial charge in [0.2, 0.25) is 0 Å². The second-order valence-corrected chi connectivity index (χ2v) is 4.71. The van der Waals surface area contributed by atoms with Crippen LogP contribution in [0.4, 0.5) is 0 Å². The van der Waals surface area contributed by atoms with Crippen molar-refractivity contribution < 1.29 is 4.74 Å². The van der Waals surface area contributed by atoms with Crippen LogP contribution in [0, 0.1) is 0 Å². The molecule has 0 bridgehead atoms. The molecule has 0 saturated heterocycles. The van der Waals surface area contributed by atoms with Crippen molar-refractivity contribution in [2.75, 3.05) is 0 Å². The van der Waals surface area contributed by atoms with E-state index >= 15 is 0 Å². The number of aromatic nitrogens is 2. The fraction of sp³-hybridized carbons (Fsp3) is 0.750. The molecule has 1 heterocycles. The number of nitrogens with two attached hydrogens (primary N) is 1. The molecule has 2 N–H and O–H groups in total. The van der Waals surface area contributed by atoms with Gasteiger partial charge in [-0.3, -0.25) is 4.68 Å². The highest BCUT2D eigenvalue weighted by Gasteiger charge is 2.26. The molecule has 4 heteroatoms. The van der Waals surface area contributed by atoms with Crippen molar-refractivity contribution in [2.45, 2.75) is 57.9 Å². The monoisotopic (exact) mass is 223 g/mol. The van der Waals surface area contributed by atoms with Crippen LogP contribution in [0.2, 0.25) is 0 Å². The van der Waals surface area contributed by atoms with E-state index in [1.807, 2.05) is 16.9 Å². The van der Waals surface area contributed by atoms with Crippen LogP contribution in [-0.2, 0) is 11.3 Å². The fourth-order valence-corrected chi connectivity index (χ4v) is 1.83. The van der Waals surface area contributed by atoms with Crippen molar-refractivity contribution in [1.82, 2.24) is 9.78 Å². The van der Waals surface area contributed by atoms with Gasteiger partial charge in [0.05, 0.1) is 18.4 Å². The molecule has 0 spiro atoms. The topological polar surface area (TPSA) is 53.1 Å². The highest BCUT2D eigenvalue weighted by molar-refractivity contribution is 4.98. The summed E-state index contributed by atoms with van der Waals surface area (Å²) in [4.78, 5) is 0. The molecule has 0 amide bonds. The molecular weight excluding hydrogens is 202 g/mol. The standard InChI is InChI=1S/C12H21N3O/c1-3-9(2)15-5-4-11(14-15)8-16-12-6-10(13)7-12/h4-5,9-10,12H,3,6-8,13H2,1-2H3. The number of rotatable bonds is 5. The minimum absolute atomic E-state index is 0.350. The van der Waals surface area contributed by atoms with Crippen LogP contribution in [0.3, 0.4) is 0 Å². The van der Waals surface area contributed by atoms with E-state index in [1.54, 1.807) is 0 Å². The maximum absolute atomic E-state index is 5.71. The Bertz CT molecular complexity index is 331. The van der Waals surface area contributed by atoms with Crippen molar-refractivity contribution >= 4 is 0 Å². The van der Waals surface area contributed by atoms with Crippen LogP contribution >= 0.6 is 0 Å². The molecule has 1 aliphatic rings. The molecule has 0 radical (unpaired) electrons. The Hall–Kier alpha value is -0.870. The minimum atomic E-state index is 0.350. The van der Waals surface area contributed by atoms with Crippen LogP contribution in [0.25, 0.3) is 0 Å². The molecule has 4 nitrogen and oxygen atoms in total. The summed E-state index contributed by atoms with van der Waals surface area (Å²) in [5.74, 6) is 0. The molecule has 90 valence electrons. The van der Waals surface area contributed by atoms with Gasteiger partial charge in [-0.2, -0.15) is 5.10 Å². The molecule has 1 atom stereocenters. The van der Waals surface area contributed by atoms with Gasteiger partial charge in [-0.15, -0.1) is 0 Å². The first-order chi connectivity index (χ1) is 7.69. The smallest absolute Gasteiger partial charge is 0.0910 e. The lowest BCUT2D eigenvalue weighted by Crippen LogP contribution is -2.41. The van der Waals surface area contributed by atoms with Gasteiger partial charge in [0, 0.05) is 18.3 Å². The quantitative estimate of drug-likeness (QED) is 0.829. The van der Waals surface area contributed by atoms with Gasteiger partial charge in [0.25, 0.3) is 0 Å². The van der Waals surface area contributed by atoms with Crippen LogP contribution in [-0.4, -0.2) is 21.9 Å². The van der Waals surface area contributed by atoms with Crippen LogP contribution in [0.15, 0.2) is 12.3 Å². The largest absolute Gasteiger partial charge is 0.372 e. The summed E-state index contributed by atoms with van der Waals surface area (Å²) < 4.78 is 7.71. The van der Waals surface area contributed by atoms with Crippen LogP contribution in [0.5, 0.6) is 0 Å². The predicted molar refractivity (Wildman–Crippen MR) is 63.0 cm³/mol. The van der Waals surface area contributed by atoms with E-state index in [0.29, 0.717) is 24.8 Å². The van der Waals surface area contributed by atoms with Gasteiger partial charge < -0.3 is 10.5 Å². The zero-order valence-corrected chi connectivity index (χ0v) is 10.1. The van der Waals surface area contributed by atoms with Gasteiger partial charge >= 0.3 is 0 Å². The van der Waals surface area contributed by atoms with Gasteiger partial charge in [0.1, 0.15) is 0 Å². The first-order valence-corrected chi connectivity index (χ1v) is 6.10. The summed E-state index contributed by atoms with van der Waals surface area (Å²) in [6.07, 6.45) is 5.46. The SMILES string of the molecule is CCC(C)n1ccc(COC2CC(N)C2)n1. The van der Waals surface area contributed by atoms with E-state index in [0.717, 1.165) is 25.0 Å². The summed E-state index contributed by atoms with van der Waals surface area (Å²) in [6, 6.07) is 2.85. The average Bonchev–Trinajstić information content (AvgIpc) is 2.70. The first-order valence-electron chi connectivity index (χ1n) is 6.10. The molecule has 0 aromatic carbocycles. The summed E-state index contributed by atoms with van der Waals surface area (Å²) >= 11 is 0. The van der Waals surface area contributed by atoms with Crippen LogP contribution in [0.1, 0.15) is 44.8 Å². The third-order valence-electron chi connectivity index (χ3n) is 3.30. The van der Waals surface area contributed by atoms with Crippen molar-refractivity contribution in [3.05, 3.63) is 18.0 Å². The summed E-state index contributed by atoms with van der Waals surface area (Å²) in [5.41, 5.74) is 6.71. The lowest BCUT2D eigenvalue weighted by molar-refractivity contribution is -0.0204. The highest BCUT2D eigenvalue weighted by atomic mass is 16.5. The zero-order valence-electron chi connectivity index (χ0n) is 10.1. The van der Waals surface area contributed by atoms with E-state index in [9.17, 15) is 0 Å². The highest BCUT2D eigenvalue weighted by Crippen LogP contribution is 2.22. The normalized spacial score (nSPS) is 26.4. The third-order valence-corrected chi connectivity index (χ3v) is 3.30. The lowest BCUT2D eigenvalue weighted by Gasteiger charge is -2.31. The van der Waals surface area contributed by atoms with Gasteiger partial charge in [0.15, 0.2) is 0 Å². The van der Waals surface area contributed by atoms with Gasteiger partial charge in [-0.05, 0) is 32.3 Å². The molecule has 1 fully saturated rings. The number of hydrogen-bond donors (Lipinski definition) is 1. The molecular formula is C12H21N3O. The summed E-state index contributed by atoms with van der Waals surface area (Å²) in [5, 5.41) is 4.49. The van der Waals surface area contributed by atoms with Crippen molar-refractivity contribution in [2.24, 2.45) is 5.73 Å². The van der Waals surface area contributed by atoms with E-state index in [-0.39, 0.29) is 0 Å². The maximum atomic E-state index is 5.71.